The zero-order chi connectivity index (χ0) is 27.6. The Labute approximate surface area is 232 Å². The molecule has 0 bridgehead atoms. The van der Waals surface area contributed by atoms with Crippen LogP contribution in [0.1, 0.15) is 77.5 Å². The van der Waals surface area contributed by atoms with Crippen LogP contribution in [0.4, 0.5) is 5.82 Å². The molecule has 1 aromatic carbocycles. The van der Waals surface area contributed by atoms with Crippen molar-refractivity contribution < 1.29 is 9.59 Å². The molecule has 2 amide bonds. The number of benzene rings is 1. The number of rotatable bonds is 6. The van der Waals surface area contributed by atoms with E-state index in [4.69, 9.17) is 11.6 Å². The van der Waals surface area contributed by atoms with Gasteiger partial charge in [-0.1, -0.05) is 23.7 Å². The highest BCUT2D eigenvalue weighted by Gasteiger charge is 2.53. The number of nitriles is 1. The number of anilines is 1. The Morgan fingerprint density at radius 1 is 1.28 bits per heavy atom. The molecule has 200 valence electrons. The fourth-order valence-electron chi connectivity index (χ4n) is 6.30. The molecule has 1 N–H and O–H groups in total. The lowest BCUT2D eigenvalue weighted by Crippen LogP contribution is -2.52. The quantitative estimate of drug-likeness (QED) is 0.496. The van der Waals surface area contributed by atoms with Crippen LogP contribution >= 0.6 is 11.6 Å². The lowest BCUT2D eigenvalue weighted by atomic mass is 9.62. The Morgan fingerprint density at radius 2 is 2.05 bits per heavy atom. The van der Waals surface area contributed by atoms with E-state index in [1.807, 2.05) is 37.9 Å². The van der Waals surface area contributed by atoms with Crippen molar-refractivity contribution in [2.75, 3.05) is 11.4 Å². The van der Waals surface area contributed by atoms with Gasteiger partial charge in [0.1, 0.15) is 5.82 Å². The van der Waals surface area contributed by atoms with E-state index in [1.54, 1.807) is 23.0 Å². The molecule has 3 heterocycles. The van der Waals surface area contributed by atoms with Gasteiger partial charge in [0, 0.05) is 29.7 Å². The van der Waals surface area contributed by atoms with E-state index in [2.05, 4.69) is 33.6 Å². The van der Waals surface area contributed by atoms with Gasteiger partial charge in [-0.05, 0) is 91.8 Å². The topological polar surface area (TPSA) is 117 Å². The fraction of sp³-hybridized carbons (Fsp3) is 0.448. The molecule has 2 saturated carbocycles. The summed E-state index contributed by atoms with van der Waals surface area (Å²) in [7, 11) is 0. The highest BCUT2D eigenvalue weighted by molar-refractivity contribution is 6.30. The third kappa shape index (κ3) is 4.27. The molecule has 0 unspecified atom stereocenters. The summed E-state index contributed by atoms with van der Waals surface area (Å²) < 4.78 is 1.67. The summed E-state index contributed by atoms with van der Waals surface area (Å²) in [5.41, 5.74) is 4.55. The molecule has 3 fully saturated rings. The van der Waals surface area contributed by atoms with Gasteiger partial charge in [-0.3, -0.25) is 14.5 Å². The number of amides is 2. The normalized spacial score (nSPS) is 26.0. The van der Waals surface area contributed by atoms with Crippen LogP contribution in [0.2, 0.25) is 5.02 Å². The van der Waals surface area contributed by atoms with E-state index in [0.29, 0.717) is 29.3 Å². The minimum atomic E-state index is -0.278. The summed E-state index contributed by atoms with van der Waals surface area (Å²) in [6.07, 6.45) is 5.88. The average molecular weight is 544 g/mol. The van der Waals surface area contributed by atoms with Crippen LogP contribution in [0.3, 0.4) is 0 Å². The Hall–Kier alpha value is -3.77. The van der Waals surface area contributed by atoms with Crippen LogP contribution in [0.25, 0.3) is 0 Å². The fourth-order valence-corrected chi connectivity index (χ4v) is 6.48. The molecular formula is C29H30ClN7O2. The van der Waals surface area contributed by atoms with Crippen LogP contribution in [-0.2, 0) is 10.2 Å². The van der Waals surface area contributed by atoms with Crippen molar-refractivity contribution in [3.8, 4) is 6.07 Å². The molecule has 3 atom stereocenters. The number of nitrogens with one attached hydrogen (secondary N) is 1. The molecule has 1 aliphatic heterocycles. The summed E-state index contributed by atoms with van der Waals surface area (Å²) in [4.78, 5) is 32.0. The van der Waals surface area contributed by atoms with Crippen LogP contribution in [-0.4, -0.2) is 44.4 Å². The zero-order valence-corrected chi connectivity index (χ0v) is 23.2. The van der Waals surface area contributed by atoms with Crippen molar-refractivity contribution in [3.63, 3.8) is 0 Å². The monoisotopic (exact) mass is 543 g/mol. The number of nitrogens with zero attached hydrogens (tertiary/aromatic N) is 6. The highest BCUT2D eigenvalue weighted by Crippen LogP contribution is 2.48. The van der Waals surface area contributed by atoms with Crippen LogP contribution in [0.15, 0.2) is 30.6 Å². The largest absolute Gasteiger partial charge is 0.348 e. The Balaban J connectivity index is 1.12. The average Bonchev–Trinajstić information content (AvgIpc) is 3.35. The first-order chi connectivity index (χ1) is 18.6. The summed E-state index contributed by atoms with van der Waals surface area (Å²) in [6, 6.07) is 7.34. The maximum absolute atomic E-state index is 13.0. The maximum Gasteiger partial charge on any atom is 0.273 e. The third-order valence-electron chi connectivity index (χ3n) is 8.91. The number of pyridine rings is 1. The first-order valence-corrected chi connectivity index (χ1v) is 13.7. The van der Waals surface area contributed by atoms with E-state index >= 15 is 0 Å². The number of fused-ring (bicyclic) bond motifs is 1. The zero-order valence-electron chi connectivity index (χ0n) is 22.4. The molecule has 10 heteroatoms. The van der Waals surface area contributed by atoms with Gasteiger partial charge < -0.3 is 5.32 Å². The first kappa shape index (κ1) is 25.5. The van der Waals surface area contributed by atoms with Gasteiger partial charge in [0.25, 0.3) is 5.91 Å². The van der Waals surface area contributed by atoms with E-state index in [0.717, 1.165) is 41.0 Å². The number of carbonyl (C=O) groups excluding carboxylic acids is 2. The van der Waals surface area contributed by atoms with E-state index in [9.17, 15) is 14.9 Å². The number of piperidine rings is 1. The number of aromatic nitrogens is 4. The van der Waals surface area contributed by atoms with Crippen LogP contribution < -0.4 is 10.2 Å². The van der Waals surface area contributed by atoms with Crippen molar-refractivity contribution in [1.82, 2.24) is 25.3 Å². The summed E-state index contributed by atoms with van der Waals surface area (Å²) in [6.45, 7) is 8.87. The van der Waals surface area contributed by atoms with Crippen molar-refractivity contribution in [1.29, 1.82) is 5.26 Å². The van der Waals surface area contributed by atoms with Crippen LogP contribution in [0.5, 0.6) is 0 Å². The van der Waals surface area contributed by atoms with Crippen molar-refractivity contribution in [2.45, 2.75) is 64.5 Å². The van der Waals surface area contributed by atoms with Gasteiger partial charge in [0.05, 0.1) is 23.9 Å². The second-order valence-electron chi connectivity index (χ2n) is 11.5. The van der Waals surface area contributed by atoms with Crippen LogP contribution in [0, 0.1) is 37.0 Å². The van der Waals surface area contributed by atoms with Gasteiger partial charge in [-0.25, -0.2) is 9.67 Å². The second-order valence-corrected chi connectivity index (χ2v) is 12.0. The van der Waals surface area contributed by atoms with E-state index in [1.165, 1.54) is 0 Å². The number of carbonyl (C=O) groups is 2. The second kappa shape index (κ2) is 9.16. The number of hydrogen-bond donors (Lipinski definition) is 1. The lowest BCUT2D eigenvalue weighted by Gasteiger charge is -2.46. The van der Waals surface area contributed by atoms with Gasteiger partial charge in [0.2, 0.25) is 5.91 Å². The molecule has 2 aromatic heterocycles. The predicted octanol–water partition coefficient (Wildman–Crippen LogP) is 4.26. The summed E-state index contributed by atoms with van der Waals surface area (Å²) in [5, 5.41) is 21.5. The molecule has 3 aliphatic rings. The van der Waals surface area contributed by atoms with E-state index < -0.39 is 0 Å². The van der Waals surface area contributed by atoms with Gasteiger partial charge in [0.15, 0.2) is 5.69 Å². The Morgan fingerprint density at radius 3 is 2.74 bits per heavy atom. The molecule has 39 heavy (non-hydrogen) atoms. The third-order valence-corrected chi connectivity index (χ3v) is 9.14. The van der Waals surface area contributed by atoms with Crippen molar-refractivity contribution >= 4 is 29.2 Å². The summed E-state index contributed by atoms with van der Waals surface area (Å²) in [5.74, 6) is 1.32. The van der Waals surface area contributed by atoms with Gasteiger partial charge >= 0.3 is 0 Å². The Kier molecular flexibility index (Phi) is 5.99. The standard InChI is InChI=1S/C29H30ClN7O2/c1-15-16(2)26(36-13-19-7-22(19)28(36)39)32-12-23(15)17(3)37-14-25(34-35-37)27(38)33-21-9-29(4,10-21)24-8-20(30)6-5-18(24)11-31/h5-6,8,12,14,17,19,21-22H,7,9-10,13H2,1-4H3,(H,33,38)/t17-,19+,21-,22+,29+/m0/s1. The minimum absolute atomic E-state index is 0.0310. The Bertz CT molecular complexity index is 1550. The van der Waals surface area contributed by atoms with Gasteiger partial charge in [-0.2, -0.15) is 5.26 Å². The molecule has 6 rings (SSSR count). The first-order valence-electron chi connectivity index (χ1n) is 13.3. The molecule has 9 nitrogen and oxygen atoms in total. The molecule has 2 aliphatic carbocycles. The maximum atomic E-state index is 13.0. The minimum Gasteiger partial charge on any atom is -0.348 e. The molecule has 3 aromatic rings. The predicted molar refractivity (Wildman–Crippen MR) is 146 cm³/mol. The number of hydrogen-bond acceptors (Lipinski definition) is 6. The van der Waals surface area contributed by atoms with Crippen molar-refractivity contribution in [2.24, 2.45) is 11.8 Å². The van der Waals surface area contributed by atoms with E-state index in [-0.39, 0.29) is 40.9 Å². The highest BCUT2D eigenvalue weighted by atomic mass is 35.5. The van der Waals surface area contributed by atoms with Crippen molar-refractivity contribution in [3.05, 3.63) is 69.1 Å². The molecule has 0 spiro atoms. The molecule has 1 saturated heterocycles. The lowest BCUT2D eigenvalue weighted by molar-refractivity contribution is -0.118. The molecular weight excluding hydrogens is 514 g/mol. The number of halogens is 1. The van der Waals surface area contributed by atoms with Gasteiger partial charge in [-0.15, -0.1) is 5.10 Å². The SMILES string of the molecule is Cc1c([C@H](C)n2cc(C(=O)N[C@H]3C[C@@](C)(c4cc(Cl)ccc4C#N)C3)nn2)cnc(N2C[C@H]3C[C@H]3C2=O)c1C. The molecule has 0 radical (unpaired) electrons. The smallest absolute Gasteiger partial charge is 0.273 e. The summed E-state index contributed by atoms with van der Waals surface area (Å²) >= 11 is 6.19.